The quantitative estimate of drug-likeness (QED) is 0.916. The van der Waals surface area contributed by atoms with Crippen molar-refractivity contribution >= 4 is 11.4 Å². The monoisotopic (exact) mass is 277 g/mol. The van der Waals surface area contributed by atoms with Gasteiger partial charge in [-0.1, -0.05) is 18.2 Å². The predicted octanol–water partition coefficient (Wildman–Crippen LogP) is 2.95. The minimum absolute atomic E-state index is 0.290. The van der Waals surface area contributed by atoms with Crippen LogP contribution >= 0.6 is 0 Å². The van der Waals surface area contributed by atoms with Crippen LogP contribution in [-0.4, -0.2) is 23.2 Å². The molecule has 1 aliphatic rings. The van der Waals surface area contributed by atoms with Gasteiger partial charge in [-0.3, -0.25) is 0 Å². The fraction of sp³-hybridized carbons (Fsp3) is 0.176. The highest BCUT2D eigenvalue weighted by molar-refractivity contribution is 5.68. The molecule has 1 aromatic heterocycles. The van der Waals surface area contributed by atoms with Gasteiger partial charge in [0.25, 0.3) is 0 Å². The average Bonchev–Trinajstić information content (AvgIpc) is 2.56. The Balaban J connectivity index is 1.73. The summed E-state index contributed by atoms with van der Waals surface area (Å²) in [6.07, 6.45) is 4.73. The molecule has 4 nitrogen and oxygen atoms in total. The highest BCUT2D eigenvalue weighted by Gasteiger charge is 2.14. The van der Waals surface area contributed by atoms with Crippen LogP contribution in [0.15, 0.2) is 48.7 Å². The van der Waals surface area contributed by atoms with Crippen molar-refractivity contribution in [3.05, 3.63) is 59.8 Å². The predicted molar refractivity (Wildman–Crippen MR) is 81.9 cm³/mol. The topological polar surface area (TPSA) is 60.2 Å². The van der Waals surface area contributed by atoms with E-state index in [-0.39, 0.29) is 0 Å². The molecule has 0 amide bonds. The number of anilines is 1. The molecule has 1 aliphatic heterocycles. The van der Waals surface area contributed by atoms with E-state index in [2.05, 4.69) is 22.0 Å². The van der Waals surface area contributed by atoms with E-state index in [1.165, 1.54) is 5.57 Å². The molecular formula is C17H15N3O. The Morgan fingerprint density at radius 2 is 1.95 bits per heavy atom. The molecule has 0 aliphatic carbocycles. The number of hydrogen-bond donors (Lipinski definition) is 1. The largest absolute Gasteiger partial charge is 0.508 e. The standard InChI is InChI=1S/C17H15N3O/c18-11-13-1-6-17(19-12-13)20-9-7-15(8-10-20)14-2-4-16(21)5-3-14/h1-7,12,21H,8-10H2. The van der Waals surface area contributed by atoms with Crippen molar-refractivity contribution in [1.29, 1.82) is 5.26 Å². The van der Waals surface area contributed by atoms with Crippen molar-refractivity contribution in [2.75, 3.05) is 18.0 Å². The van der Waals surface area contributed by atoms with Crippen LogP contribution in [0.3, 0.4) is 0 Å². The summed E-state index contributed by atoms with van der Waals surface area (Å²) in [4.78, 5) is 6.51. The number of hydrogen-bond acceptors (Lipinski definition) is 4. The number of benzene rings is 1. The fourth-order valence-corrected chi connectivity index (χ4v) is 2.45. The maximum atomic E-state index is 9.33. The summed E-state index contributed by atoms with van der Waals surface area (Å²) in [5.74, 6) is 1.19. The Hall–Kier alpha value is -2.80. The maximum Gasteiger partial charge on any atom is 0.128 e. The van der Waals surface area contributed by atoms with Gasteiger partial charge >= 0.3 is 0 Å². The van der Waals surface area contributed by atoms with E-state index in [4.69, 9.17) is 5.26 Å². The van der Waals surface area contributed by atoms with Crippen molar-refractivity contribution in [3.63, 3.8) is 0 Å². The van der Waals surface area contributed by atoms with Gasteiger partial charge in [-0.05, 0) is 41.8 Å². The van der Waals surface area contributed by atoms with Gasteiger partial charge in [-0.2, -0.15) is 5.26 Å². The third-order valence-electron chi connectivity index (χ3n) is 3.65. The summed E-state index contributed by atoms with van der Waals surface area (Å²) in [6.45, 7) is 1.70. The number of nitriles is 1. The summed E-state index contributed by atoms with van der Waals surface area (Å²) in [5.41, 5.74) is 3.02. The van der Waals surface area contributed by atoms with Crippen LogP contribution in [0, 0.1) is 11.3 Å². The zero-order valence-corrected chi connectivity index (χ0v) is 11.5. The summed E-state index contributed by atoms with van der Waals surface area (Å²) < 4.78 is 0. The van der Waals surface area contributed by atoms with E-state index in [1.807, 2.05) is 18.2 Å². The number of rotatable bonds is 2. The van der Waals surface area contributed by atoms with E-state index >= 15 is 0 Å². The van der Waals surface area contributed by atoms with Gasteiger partial charge in [0.15, 0.2) is 0 Å². The molecule has 0 unspecified atom stereocenters. The van der Waals surface area contributed by atoms with Crippen molar-refractivity contribution in [2.45, 2.75) is 6.42 Å². The number of phenolic OH excluding ortho intramolecular Hbond substituents is 1. The molecule has 0 saturated heterocycles. The molecule has 21 heavy (non-hydrogen) atoms. The minimum Gasteiger partial charge on any atom is -0.508 e. The number of aromatic hydroxyl groups is 1. The first kappa shape index (κ1) is 13.2. The maximum absolute atomic E-state index is 9.33. The van der Waals surface area contributed by atoms with E-state index in [0.717, 1.165) is 30.9 Å². The van der Waals surface area contributed by atoms with Crippen molar-refractivity contribution in [3.8, 4) is 11.8 Å². The normalized spacial score (nSPS) is 14.4. The molecule has 0 bridgehead atoms. The lowest BCUT2D eigenvalue weighted by Crippen LogP contribution is -2.28. The Morgan fingerprint density at radius 1 is 1.14 bits per heavy atom. The number of nitrogens with zero attached hydrogens (tertiary/aromatic N) is 3. The van der Waals surface area contributed by atoms with E-state index in [0.29, 0.717) is 11.3 Å². The zero-order chi connectivity index (χ0) is 14.7. The lowest BCUT2D eigenvalue weighted by Gasteiger charge is -2.27. The van der Waals surface area contributed by atoms with Crippen LogP contribution in [0.2, 0.25) is 0 Å². The van der Waals surface area contributed by atoms with Crippen LogP contribution in [0.1, 0.15) is 17.5 Å². The summed E-state index contributed by atoms with van der Waals surface area (Å²) in [7, 11) is 0. The highest BCUT2D eigenvalue weighted by atomic mass is 16.3. The van der Waals surface area contributed by atoms with Gasteiger partial charge in [0.1, 0.15) is 17.6 Å². The fourth-order valence-electron chi connectivity index (χ4n) is 2.45. The molecular weight excluding hydrogens is 262 g/mol. The van der Waals surface area contributed by atoms with Crippen LogP contribution in [0.4, 0.5) is 5.82 Å². The Kier molecular flexibility index (Phi) is 3.57. The van der Waals surface area contributed by atoms with Crippen molar-refractivity contribution < 1.29 is 5.11 Å². The molecule has 0 saturated carbocycles. The molecule has 2 aromatic rings. The lowest BCUT2D eigenvalue weighted by atomic mass is 9.99. The Bertz CT molecular complexity index is 696. The molecule has 1 N–H and O–H groups in total. The third-order valence-corrected chi connectivity index (χ3v) is 3.65. The smallest absolute Gasteiger partial charge is 0.128 e. The summed E-state index contributed by atoms with van der Waals surface area (Å²) in [5, 5.41) is 18.1. The first-order chi connectivity index (χ1) is 10.3. The number of aromatic nitrogens is 1. The van der Waals surface area contributed by atoms with Gasteiger partial charge < -0.3 is 10.0 Å². The minimum atomic E-state index is 0.290. The summed E-state index contributed by atoms with van der Waals surface area (Å²) >= 11 is 0. The van der Waals surface area contributed by atoms with E-state index in [1.54, 1.807) is 24.4 Å². The molecule has 104 valence electrons. The molecule has 0 atom stereocenters. The second kappa shape index (κ2) is 5.68. The molecule has 0 radical (unpaired) electrons. The Morgan fingerprint density at radius 3 is 2.52 bits per heavy atom. The van der Waals surface area contributed by atoms with Gasteiger partial charge in [0.2, 0.25) is 0 Å². The Labute approximate surface area is 123 Å². The van der Waals surface area contributed by atoms with Crippen molar-refractivity contribution in [2.24, 2.45) is 0 Å². The second-order valence-corrected chi connectivity index (χ2v) is 4.99. The van der Waals surface area contributed by atoms with Crippen LogP contribution in [0.5, 0.6) is 5.75 Å². The van der Waals surface area contributed by atoms with Gasteiger partial charge in [-0.25, -0.2) is 4.98 Å². The van der Waals surface area contributed by atoms with Crippen molar-refractivity contribution in [1.82, 2.24) is 4.98 Å². The number of pyridine rings is 1. The third kappa shape index (κ3) is 2.87. The van der Waals surface area contributed by atoms with Gasteiger partial charge in [0, 0.05) is 19.3 Å². The first-order valence-electron chi connectivity index (χ1n) is 6.86. The second-order valence-electron chi connectivity index (χ2n) is 4.99. The summed E-state index contributed by atoms with van der Waals surface area (Å²) in [6, 6.07) is 13.1. The molecule has 2 heterocycles. The zero-order valence-electron chi connectivity index (χ0n) is 11.5. The molecule has 3 rings (SSSR count). The number of phenols is 1. The lowest BCUT2D eigenvalue weighted by molar-refractivity contribution is 0.475. The highest BCUT2D eigenvalue weighted by Crippen LogP contribution is 2.25. The SMILES string of the molecule is N#Cc1ccc(N2CC=C(c3ccc(O)cc3)CC2)nc1. The van der Waals surface area contributed by atoms with Crippen LogP contribution in [-0.2, 0) is 0 Å². The van der Waals surface area contributed by atoms with E-state index in [9.17, 15) is 5.11 Å². The van der Waals surface area contributed by atoms with Crippen LogP contribution < -0.4 is 4.90 Å². The van der Waals surface area contributed by atoms with Gasteiger partial charge in [-0.15, -0.1) is 0 Å². The van der Waals surface area contributed by atoms with Crippen LogP contribution in [0.25, 0.3) is 5.57 Å². The van der Waals surface area contributed by atoms with Gasteiger partial charge in [0.05, 0.1) is 5.56 Å². The average molecular weight is 277 g/mol. The molecule has 4 heteroatoms. The first-order valence-corrected chi connectivity index (χ1v) is 6.86. The molecule has 1 aromatic carbocycles. The molecule has 0 fully saturated rings. The molecule has 0 spiro atoms. The van der Waals surface area contributed by atoms with E-state index < -0.39 is 0 Å².